The van der Waals surface area contributed by atoms with Crippen LogP contribution in [0.3, 0.4) is 0 Å². The van der Waals surface area contributed by atoms with Crippen LogP contribution in [0.5, 0.6) is 0 Å². The molecule has 2 rings (SSSR count). The molecular weight excluding hydrogens is 339 g/mol. The van der Waals surface area contributed by atoms with E-state index in [0.29, 0.717) is 16.5 Å². The molecule has 2 aromatic rings. The molecule has 0 saturated carbocycles. The van der Waals surface area contributed by atoms with E-state index in [1.807, 2.05) is 44.2 Å². The molecule has 0 aliphatic heterocycles. The molecule has 0 radical (unpaired) electrons. The molecular formula is C21H22Cl2O. The second-order valence-corrected chi connectivity index (χ2v) is 7.05. The summed E-state index contributed by atoms with van der Waals surface area (Å²) in [6.07, 6.45) is 3.95. The second kappa shape index (κ2) is 8.50. The molecule has 0 aliphatic carbocycles. The van der Waals surface area contributed by atoms with Crippen LogP contribution in [-0.4, -0.2) is 5.78 Å². The minimum Gasteiger partial charge on any atom is -0.294 e. The molecule has 0 aromatic heterocycles. The van der Waals surface area contributed by atoms with Crippen LogP contribution in [0.15, 0.2) is 49.1 Å². The third kappa shape index (κ3) is 4.96. The number of carbonyl (C=O) groups is 1. The summed E-state index contributed by atoms with van der Waals surface area (Å²) in [6.45, 7) is 7.86. The van der Waals surface area contributed by atoms with Gasteiger partial charge in [-0.3, -0.25) is 4.79 Å². The van der Waals surface area contributed by atoms with E-state index in [0.717, 1.165) is 35.1 Å². The third-order valence-electron chi connectivity index (χ3n) is 4.13. The number of allylic oxidation sites excluding steroid dienone is 1. The zero-order chi connectivity index (χ0) is 17.7. The van der Waals surface area contributed by atoms with Crippen LogP contribution in [-0.2, 0) is 0 Å². The number of Topliss-reactive ketones (excluding diaryl/α,β-unsaturated/α-hetero) is 1. The molecule has 0 saturated heterocycles. The third-order valence-corrected chi connectivity index (χ3v) is 4.87. The van der Waals surface area contributed by atoms with Gasteiger partial charge in [-0.05, 0) is 62.4 Å². The summed E-state index contributed by atoms with van der Waals surface area (Å²) in [5.74, 6) is 0.392. The summed E-state index contributed by atoms with van der Waals surface area (Å²) in [6, 6.07) is 11.7. The second-order valence-electron chi connectivity index (χ2n) is 6.23. The zero-order valence-corrected chi connectivity index (χ0v) is 15.6. The lowest BCUT2D eigenvalue weighted by atomic mass is 9.89. The molecule has 1 nitrogen and oxygen atoms in total. The Morgan fingerprint density at radius 2 is 1.75 bits per heavy atom. The zero-order valence-electron chi connectivity index (χ0n) is 14.1. The quantitative estimate of drug-likeness (QED) is 0.386. The Kier molecular flexibility index (Phi) is 6.65. The van der Waals surface area contributed by atoms with Gasteiger partial charge in [-0.1, -0.05) is 52.5 Å². The van der Waals surface area contributed by atoms with Crippen molar-refractivity contribution in [3.05, 3.63) is 81.4 Å². The van der Waals surface area contributed by atoms with Gasteiger partial charge in [0.15, 0.2) is 5.78 Å². The number of carbonyl (C=O) groups excluding carboxylic acids is 1. The maximum absolute atomic E-state index is 12.5. The summed E-state index contributed by atoms with van der Waals surface area (Å²) >= 11 is 12.1. The van der Waals surface area contributed by atoms with Gasteiger partial charge >= 0.3 is 0 Å². The van der Waals surface area contributed by atoms with Crippen molar-refractivity contribution in [1.82, 2.24) is 0 Å². The maximum atomic E-state index is 12.5. The Labute approximate surface area is 154 Å². The lowest BCUT2D eigenvalue weighted by molar-refractivity contribution is 0.0977. The number of halogens is 2. The van der Waals surface area contributed by atoms with Crippen molar-refractivity contribution in [3.8, 4) is 0 Å². The number of rotatable bonds is 7. The molecule has 0 amide bonds. The van der Waals surface area contributed by atoms with Crippen molar-refractivity contribution in [2.24, 2.45) is 0 Å². The molecule has 0 bridgehead atoms. The van der Waals surface area contributed by atoms with Crippen molar-refractivity contribution in [3.63, 3.8) is 0 Å². The Balaban J connectivity index is 2.11. The smallest absolute Gasteiger partial charge is 0.162 e. The van der Waals surface area contributed by atoms with E-state index in [1.54, 1.807) is 6.07 Å². The van der Waals surface area contributed by atoms with E-state index in [4.69, 9.17) is 23.2 Å². The summed E-state index contributed by atoms with van der Waals surface area (Å²) < 4.78 is 0. The average Bonchev–Trinajstić information content (AvgIpc) is 2.53. The number of aryl methyl sites for hydroxylation is 2. The number of hydrogen-bond acceptors (Lipinski definition) is 1. The minimum absolute atomic E-state index is 0.177. The topological polar surface area (TPSA) is 17.1 Å². The van der Waals surface area contributed by atoms with Crippen molar-refractivity contribution >= 4 is 29.0 Å². The Bertz CT molecular complexity index is 729. The van der Waals surface area contributed by atoms with Crippen LogP contribution in [0.4, 0.5) is 0 Å². The Hall–Kier alpha value is -1.57. The van der Waals surface area contributed by atoms with E-state index in [2.05, 4.69) is 12.6 Å². The van der Waals surface area contributed by atoms with Gasteiger partial charge in [0.05, 0.1) is 10.0 Å². The molecule has 0 spiro atoms. The number of hydrogen-bond donors (Lipinski definition) is 0. The van der Waals surface area contributed by atoms with Crippen molar-refractivity contribution in [1.29, 1.82) is 0 Å². The van der Waals surface area contributed by atoms with Gasteiger partial charge in [0, 0.05) is 12.0 Å². The van der Waals surface area contributed by atoms with E-state index in [9.17, 15) is 4.79 Å². The van der Waals surface area contributed by atoms with Crippen LogP contribution in [0.25, 0.3) is 0 Å². The number of ketones is 1. The van der Waals surface area contributed by atoms with Crippen LogP contribution in [0.2, 0.25) is 10.0 Å². The Morgan fingerprint density at radius 3 is 2.33 bits per heavy atom. The normalized spacial score (nSPS) is 12.0. The summed E-state index contributed by atoms with van der Waals surface area (Å²) in [5.41, 5.74) is 4.12. The summed E-state index contributed by atoms with van der Waals surface area (Å²) in [7, 11) is 0. The molecule has 0 aliphatic rings. The van der Waals surface area contributed by atoms with Gasteiger partial charge in [0.25, 0.3) is 0 Å². The molecule has 24 heavy (non-hydrogen) atoms. The molecule has 0 unspecified atom stereocenters. The maximum Gasteiger partial charge on any atom is 0.162 e. The molecule has 3 heteroatoms. The predicted octanol–water partition coefficient (Wildman–Crippen LogP) is 6.93. The molecule has 0 N–H and O–H groups in total. The summed E-state index contributed by atoms with van der Waals surface area (Å²) in [5, 5.41) is 1.09. The minimum atomic E-state index is 0.177. The van der Waals surface area contributed by atoms with Gasteiger partial charge in [-0.25, -0.2) is 0 Å². The largest absolute Gasteiger partial charge is 0.294 e. The van der Waals surface area contributed by atoms with E-state index < -0.39 is 0 Å². The fourth-order valence-electron chi connectivity index (χ4n) is 2.97. The lowest BCUT2D eigenvalue weighted by Crippen LogP contribution is -2.05. The first kappa shape index (κ1) is 18.8. The van der Waals surface area contributed by atoms with E-state index >= 15 is 0 Å². The van der Waals surface area contributed by atoms with Crippen LogP contribution >= 0.6 is 23.2 Å². The molecule has 1 atom stereocenters. The van der Waals surface area contributed by atoms with Gasteiger partial charge in [0.2, 0.25) is 0 Å². The van der Waals surface area contributed by atoms with Gasteiger partial charge in [-0.15, -0.1) is 6.58 Å². The molecule has 2 aromatic carbocycles. The van der Waals surface area contributed by atoms with Crippen LogP contribution in [0.1, 0.15) is 52.2 Å². The van der Waals surface area contributed by atoms with Gasteiger partial charge < -0.3 is 0 Å². The highest BCUT2D eigenvalue weighted by atomic mass is 35.5. The molecule has 0 fully saturated rings. The average molecular weight is 361 g/mol. The standard InChI is InChI=1S/C21H22Cl2O/c1-4-5-16(17-6-8-19(22)20(23)13-17)7-9-21(24)18-11-14(2)10-15(3)12-18/h4,6,8,10-13,16H,1,5,7,9H2,2-3H3/t16-/m1/s1. The van der Waals surface area contributed by atoms with Crippen molar-refractivity contribution < 1.29 is 4.79 Å². The Morgan fingerprint density at radius 1 is 1.08 bits per heavy atom. The first-order valence-corrected chi connectivity index (χ1v) is 8.83. The first-order chi connectivity index (χ1) is 11.4. The van der Waals surface area contributed by atoms with Crippen LogP contribution in [0, 0.1) is 13.8 Å². The van der Waals surface area contributed by atoms with Gasteiger partial charge in [-0.2, -0.15) is 0 Å². The number of benzene rings is 2. The van der Waals surface area contributed by atoms with E-state index in [-0.39, 0.29) is 11.7 Å². The highest BCUT2D eigenvalue weighted by Crippen LogP contribution is 2.31. The predicted molar refractivity (Wildman–Crippen MR) is 103 cm³/mol. The molecule has 0 heterocycles. The molecule has 126 valence electrons. The monoisotopic (exact) mass is 360 g/mol. The summed E-state index contributed by atoms with van der Waals surface area (Å²) in [4.78, 5) is 12.5. The fraction of sp³-hybridized carbons (Fsp3) is 0.286. The van der Waals surface area contributed by atoms with Crippen LogP contribution < -0.4 is 0 Å². The first-order valence-electron chi connectivity index (χ1n) is 8.08. The van der Waals surface area contributed by atoms with Crippen molar-refractivity contribution in [2.45, 2.75) is 39.0 Å². The van der Waals surface area contributed by atoms with E-state index in [1.165, 1.54) is 0 Å². The highest BCUT2D eigenvalue weighted by Gasteiger charge is 2.15. The highest BCUT2D eigenvalue weighted by molar-refractivity contribution is 6.42. The fourth-order valence-corrected chi connectivity index (χ4v) is 3.28. The SMILES string of the molecule is C=CC[C@H](CCC(=O)c1cc(C)cc(C)c1)c1ccc(Cl)c(Cl)c1. The van der Waals surface area contributed by atoms with Gasteiger partial charge in [0.1, 0.15) is 0 Å². The lowest BCUT2D eigenvalue weighted by Gasteiger charge is -2.16. The van der Waals surface area contributed by atoms with Crippen molar-refractivity contribution in [2.75, 3.05) is 0 Å².